The molecule has 15 heavy (non-hydrogen) atoms. The summed E-state index contributed by atoms with van der Waals surface area (Å²) < 4.78 is 0. The maximum atomic E-state index is 8.92. The Morgan fingerprint density at radius 1 is 1.73 bits per heavy atom. The number of hydrazine groups is 1. The number of nitrogen functional groups attached to an aromatic ring is 1. The van der Waals surface area contributed by atoms with Crippen molar-refractivity contribution in [1.82, 2.24) is 4.98 Å². The van der Waals surface area contributed by atoms with Crippen LogP contribution < -0.4 is 11.3 Å². The van der Waals surface area contributed by atoms with Crippen LogP contribution >= 0.6 is 0 Å². The summed E-state index contributed by atoms with van der Waals surface area (Å²) in [5.74, 6) is 6.37. The molecule has 0 saturated heterocycles. The normalized spacial score (nSPS) is 18.3. The maximum absolute atomic E-state index is 8.92. The first-order chi connectivity index (χ1) is 7.30. The first-order valence-electron chi connectivity index (χ1n) is 5.20. The molecule has 1 aliphatic rings. The van der Waals surface area contributed by atoms with Gasteiger partial charge in [0.25, 0.3) is 0 Å². The Hall–Kier alpha value is -1.60. The molecule has 0 aromatic carbocycles. The highest BCUT2D eigenvalue weighted by Crippen LogP contribution is 2.35. The predicted molar refractivity (Wildman–Crippen MR) is 58.1 cm³/mol. The molecule has 1 heterocycles. The van der Waals surface area contributed by atoms with Gasteiger partial charge < -0.3 is 5.43 Å². The Bertz CT molecular complexity index is 419. The molecule has 0 saturated carbocycles. The highest BCUT2D eigenvalue weighted by atomic mass is 15.3. The van der Waals surface area contributed by atoms with Crippen molar-refractivity contribution in [1.29, 1.82) is 5.26 Å². The standard InChI is InChI=1S/C11H14N4/c1-2-7-3-4-8-5-9(6-12)11(15-13)14-10(7)8/h5,7H,2-4,13H2,1H3,(H,14,15). The van der Waals surface area contributed by atoms with Crippen LogP contribution in [0.25, 0.3) is 0 Å². The van der Waals surface area contributed by atoms with Crippen LogP contribution in [0.5, 0.6) is 0 Å². The average molecular weight is 202 g/mol. The molecule has 78 valence electrons. The van der Waals surface area contributed by atoms with E-state index in [0.29, 0.717) is 17.3 Å². The van der Waals surface area contributed by atoms with Crippen LogP contribution in [0.2, 0.25) is 0 Å². The second-order valence-corrected chi connectivity index (χ2v) is 3.83. The minimum Gasteiger partial charge on any atom is -0.307 e. The van der Waals surface area contributed by atoms with E-state index in [0.717, 1.165) is 25.0 Å². The van der Waals surface area contributed by atoms with Gasteiger partial charge in [0.15, 0.2) is 5.82 Å². The molecule has 0 radical (unpaired) electrons. The van der Waals surface area contributed by atoms with Crippen LogP contribution in [-0.4, -0.2) is 4.98 Å². The van der Waals surface area contributed by atoms with Crippen LogP contribution in [-0.2, 0) is 6.42 Å². The van der Waals surface area contributed by atoms with Crippen molar-refractivity contribution in [3.63, 3.8) is 0 Å². The summed E-state index contributed by atoms with van der Waals surface area (Å²) in [7, 11) is 0. The summed E-state index contributed by atoms with van der Waals surface area (Å²) in [5.41, 5.74) is 5.34. The number of pyridine rings is 1. The Balaban J connectivity index is 2.50. The largest absolute Gasteiger partial charge is 0.307 e. The average Bonchev–Trinajstić information content (AvgIpc) is 2.68. The number of nitrogens with two attached hydrogens (primary N) is 1. The van der Waals surface area contributed by atoms with Crippen molar-refractivity contribution in [3.05, 3.63) is 22.9 Å². The van der Waals surface area contributed by atoms with Crippen LogP contribution in [0, 0.1) is 11.3 Å². The molecule has 4 nitrogen and oxygen atoms in total. The van der Waals surface area contributed by atoms with Gasteiger partial charge in [-0.05, 0) is 30.9 Å². The second-order valence-electron chi connectivity index (χ2n) is 3.83. The summed E-state index contributed by atoms with van der Waals surface area (Å²) in [4.78, 5) is 4.44. The quantitative estimate of drug-likeness (QED) is 0.565. The Kier molecular flexibility index (Phi) is 2.57. The number of hydrogen-bond acceptors (Lipinski definition) is 4. The third-order valence-corrected chi connectivity index (χ3v) is 3.03. The molecule has 0 bridgehead atoms. The maximum Gasteiger partial charge on any atom is 0.158 e. The number of nitrogens with one attached hydrogen (secondary N) is 1. The number of nitriles is 1. The highest BCUT2D eigenvalue weighted by molar-refractivity contribution is 5.54. The van der Waals surface area contributed by atoms with Gasteiger partial charge in [-0.1, -0.05) is 6.92 Å². The van der Waals surface area contributed by atoms with E-state index in [-0.39, 0.29) is 0 Å². The van der Waals surface area contributed by atoms with E-state index < -0.39 is 0 Å². The van der Waals surface area contributed by atoms with Crippen LogP contribution in [0.1, 0.15) is 42.5 Å². The first-order valence-corrected chi connectivity index (χ1v) is 5.20. The zero-order valence-corrected chi connectivity index (χ0v) is 8.75. The van der Waals surface area contributed by atoms with Crippen LogP contribution in [0.3, 0.4) is 0 Å². The minimum atomic E-state index is 0.497. The summed E-state index contributed by atoms with van der Waals surface area (Å²) >= 11 is 0. The van der Waals surface area contributed by atoms with Crippen LogP contribution in [0.4, 0.5) is 5.82 Å². The lowest BCUT2D eigenvalue weighted by Gasteiger charge is -2.09. The van der Waals surface area contributed by atoms with Gasteiger partial charge in [-0.25, -0.2) is 10.8 Å². The summed E-state index contributed by atoms with van der Waals surface area (Å²) in [6, 6.07) is 4.01. The monoisotopic (exact) mass is 202 g/mol. The number of rotatable bonds is 2. The number of anilines is 1. The van der Waals surface area contributed by atoms with E-state index in [4.69, 9.17) is 11.1 Å². The molecule has 1 aromatic heterocycles. The third-order valence-electron chi connectivity index (χ3n) is 3.03. The van der Waals surface area contributed by atoms with Gasteiger partial charge in [-0.3, -0.25) is 0 Å². The number of aryl methyl sites for hydroxylation is 1. The molecule has 2 rings (SSSR count). The summed E-state index contributed by atoms with van der Waals surface area (Å²) in [6.07, 6.45) is 3.26. The van der Waals surface area contributed by atoms with E-state index in [2.05, 4.69) is 23.4 Å². The molecule has 1 atom stereocenters. The Labute approximate surface area is 89.1 Å². The molecule has 3 N–H and O–H groups in total. The van der Waals surface area contributed by atoms with Gasteiger partial charge in [-0.15, -0.1) is 0 Å². The van der Waals surface area contributed by atoms with Gasteiger partial charge in [0.05, 0.1) is 5.56 Å². The number of hydrogen-bond donors (Lipinski definition) is 2. The molecule has 4 heteroatoms. The summed E-state index contributed by atoms with van der Waals surface area (Å²) in [6.45, 7) is 2.16. The molecular formula is C11H14N4. The fraction of sp³-hybridized carbons (Fsp3) is 0.455. The molecule has 0 spiro atoms. The molecule has 1 unspecified atom stereocenters. The topological polar surface area (TPSA) is 74.7 Å². The van der Waals surface area contributed by atoms with Gasteiger partial charge in [-0.2, -0.15) is 5.26 Å². The summed E-state index contributed by atoms with van der Waals surface area (Å²) in [5, 5.41) is 8.92. The molecular weight excluding hydrogens is 188 g/mol. The van der Waals surface area contributed by atoms with E-state index in [1.165, 1.54) is 5.56 Å². The molecule has 1 aromatic rings. The van der Waals surface area contributed by atoms with Crippen LogP contribution in [0.15, 0.2) is 6.07 Å². The van der Waals surface area contributed by atoms with Crippen molar-refractivity contribution < 1.29 is 0 Å². The minimum absolute atomic E-state index is 0.497. The first kappa shape index (κ1) is 9.94. The van der Waals surface area contributed by atoms with E-state index in [1.54, 1.807) is 0 Å². The predicted octanol–water partition coefficient (Wildman–Crippen LogP) is 1.68. The van der Waals surface area contributed by atoms with Gasteiger partial charge in [0, 0.05) is 11.6 Å². The Morgan fingerprint density at radius 2 is 2.53 bits per heavy atom. The van der Waals surface area contributed by atoms with Crippen molar-refractivity contribution in [2.24, 2.45) is 5.84 Å². The van der Waals surface area contributed by atoms with Crippen molar-refractivity contribution >= 4 is 5.82 Å². The zero-order valence-electron chi connectivity index (χ0n) is 8.75. The number of aromatic nitrogens is 1. The number of fused-ring (bicyclic) bond motifs is 1. The van der Waals surface area contributed by atoms with E-state index in [9.17, 15) is 0 Å². The lowest BCUT2D eigenvalue weighted by atomic mass is 10.0. The number of nitrogens with zero attached hydrogens (tertiary/aromatic N) is 2. The van der Waals surface area contributed by atoms with Gasteiger partial charge in [0.2, 0.25) is 0 Å². The molecule has 0 fully saturated rings. The molecule has 0 aliphatic heterocycles. The third kappa shape index (κ3) is 1.55. The zero-order chi connectivity index (χ0) is 10.8. The highest BCUT2D eigenvalue weighted by Gasteiger charge is 2.24. The lowest BCUT2D eigenvalue weighted by Crippen LogP contribution is -2.12. The van der Waals surface area contributed by atoms with Crippen molar-refractivity contribution in [2.75, 3.05) is 5.43 Å². The van der Waals surface area contributed by atoms with E-state index >= 15 is 0 Å². The fourth-order valence-corrected chi connectivity index (χ4v) is 2.18. The van der Waals surface area contributed by atoms with Gasteiger partial charge >= 0.3 is 0 Å². The van der Waals surface area contributed by atoms with Crippen molar-refractivity contribution in [2.45, 2.75) is 32.1 Å². The second kappa shape index (κ2) is 3.87. The SMILES string of the molecule is CCC1CCc2cc(C#N)c(NN)nc21. The fourth-order valence-electron chi connectivity index (χ4n) is 2.18. The lowest BCUT2D eigenvalue weighted by molar-refractivity contribution is 0.643. The van der Waals surface area contributed by atoms with Gasteiger partial charge in [0.1, 0.15) is 6.07 Å². The smallest absolute Gasteiger partial charge is 0.158 e. The molecule has 0 amide bonds. The molecule has 1 aliphatic carbocycles. The van der Waals surface area contributed by atoms with E-state index in [1.807, 2.05) is 6.07 Å². The van der Waals surface area contributed by atoms with Crippen molar-refractivity contribution in [3.8, 4) is 6.07 Å². The Morgan fingerprint density at radius 3 is 3.13 bits per heavy atom.